The summed E-state index contributed by atoms with van der Waals surface area (Å²) in [5.74, 6) is 0.790. The van der Waals surface area contributed by atoms with E-state index in [0.29, 0.717) is 24.7 Å². The fourth-order valence-corrected chi connectivity index (χ4v) is 3.28. The molecule has 0 unspecified atom stereocenters. The molecule has 144 valence electrons. The molecule has 0 atom stereocenters. The van der Waals surface area contributed by atoms with Gasteiger partial charge in [0.25, 0.3) is 5.91 Å². The normalized spacial score (nSPS) is 16.3. The van der Waals surface area contributed by atoms with Gasteiger partial charge in [-0.1, -0.05) is 19.1 Å². The van der Waals surface area contributed by atoms with Crippen molar-refractivity contribution in [2.24, 2.45) is 4.99 Å². The second kappa shape index (κ2) is 10.8. The first-order valence-electron chi connectivity index (χ1n) is 9.73. The van der Waals surface area contributed by atoms with Crippen molar-refractivity contribution in [3.05, 3.63) is 35.4 Å². The molecule has 0 radical (unpaired) electrons. The zero-order chi connectivity index (χ0) is 18.8. The van der Waals surface area contributed by atoms with Crippen molar-refractivity contribution in [3.63, 3.8) is 0 Å². The lowest BCUT2D eigenvalue weighted by molar-refractivity contribution is 0.0955. The van der Waals surface area contributed by atoms with Gasteiger partial charge in [-0.05, 0) is 50.4 Å². The van der Waals surface area contributed by atoms with Crippen molar-refractivity contribution < 1.29 is 4.79 Å². The fraction of sp³-hybridized carbons (Fsp3) is 0.600. The summed E-state index contributed by atoms with van der Waals surface area (Å²) in [6, 6.07) is 8.17. The predicted molar refractivity (Wildman–Crippen MR) is 108 cm³/mol. The van der Waals surface area contributed by atoms with Crippen LogP contribution in [0.25, 0.3) is 0 Å². The monoisotopic (exact) mass is 359 g/mol. The van der Waals surface area contributed by atoms with Crippen LogP contribution in [0.2, 0.25) is 0 Å². The lowest BCUT2D eigenvalue weighted by Gasteiger charge is -2.32. The minimum atomic E-state index is -0.0318. The van der Waals surface area contributed by atoms with Crippen LogP contribution in [0.15, 0.2) is 29.3 Å². The molecule has 2 rings (SSSR count). The van der Waals surface area contributed by atoms with E-state index in [-0.39, 0.29) is 5.91 Å². The molecule has 1 saturated heterocycles. The number of benzene rings is 1. The van der Waals surface area contributed by atoms with Crippen molar-refractivity contribution in [3.8, 4) is 0 Å². The van der Waals surface area contributed by atoms with Gasteiger partial charge >= 0.3 is 0 Å². The number of carbonyl (C=O) groups is 1. The summed E-state index contributed by atoms with van der Waals surface area (Å²) in [6.07, 6.45) is 3.51. The Morgan fingerprint density at radius 3 is 2.65 bits per heavy atom. The standard InChI is InChI=1S/C20H33N5O/c1-4-11-25-12-9-18(10-13-25)24-20(21-3)23-15-16-7-6-8-17(14-16)19(26)22-5-2/h6-8,14,18H,4-5,9-13,15H2,1-3H3,(H,22,26)(H2,21,23,24). The van der Waals surface area contributed by atoms with E-state index in [0.717, 1.165) is 37.5 Å². The van der Waals surface area contributed by atoms with Crippen LogP contribution in [-0.4, -0.2) is 56.0 Å². The lowest BCUT2D eigenvalue weighted by atomic mass is 10.1. The van der Waals surface area contributed by atoms with Crippen LogP contribution in [0.3, 0.4) is 0 Å². The van der Waals surface area contributed by atoms with Gasteiger partial charge in [0.2, 0.25) is 0 Å². The highest BCUT2D eigenvalue weighted by Gasteiger charge is 2.19. The molecule has 3 N–H and O–H groups in total. The molecule has 1 amide bonds. The van der Waals surface area contributed by atoms with Crippen molar-refractivity contribution in [1.29, 1.82) is 0 Å². The maximum absolute atomic E-state index is 12.0. The largest absolute Gasteiger partial charge is 0.354 e. The third-order valence-corrected chi connectivity index (χ3v) is 4.68. The maximum Gasteiger partial charge on any atom is 0.251 e. The summed E-state index contributed by atoms with van der Waals surface area (Å²) in [7, 11) is 1.80. The van der Waals surface area contributed by atoms with Crippen LogP contribution in [0.5, 0.6) is 0 Å². The molecule has 0 saturated carbocycles. The molecule has 0 bridgehead atoms. The Morgan fingerprint density at radius 2 is 2.00 bits per heavy atom. The SMILES string of the molecule is CCCN1CCC(NC(=NC)NCc2cccc(C(=O)NCC)c2)CC1. The third kappa shape index (κ3) is 6.33. The summed E-state index contributed by atoms with van der Waals surface area (Å²) < 4.78 is 0. The van der Waals surface area contributed by atoms with Crippen LogP contribution in [0.1, 0.15) is 49.0 Å². The van der Waals surface area contributed by atoms with Gasteiger partial charge in [0.15, 0.2) is 5.96 Å². The van der Waals surface area contributed by atoms with E-state index in [9.17, 15) is 4.79 Å². The number of aliphatic imine (C=N–C) groups is 1. The number of nitrogens with one attached hydrogen (secondary N) is 3. The predicted octanol–water partition coefficient (Wildman–Crippen LogP) is 1.98. The number of carbonyl (C=O) groups excluding carboxylic acids is 1. The number of amides is 1. The first-order chi connectivity index (χ1) is 12.7. The van der Waals surface area contributed by atoms with Gasteiger partial charge < -0.3 is 20.9 Å². The molecule has 0 spiro atoms. The van der Waals surface area contributed by atoms with Crippen LogP contribution in [-0.2, 0) is 6.54 Å². The van der Waals surface area contributed by atoms with Gasteiger partial charge in [0.1, 0.15) is 0 Å². The Bertz CT molecular complexity index is 594. The van der Waals surface area contributed by atoms with Crippen molar-refractivity contribution in [1.82, 2.24) is 20.9 Å². The van der Waals surface area contributed by atoms with Gasteiger partial charge in [-0.15, -0.1) is 0 Å². The number of rotatable bonds is 7. The molecule has 6 heteroatoms. The van der Waals surface area contributed by atoms with E-state index < -0.39 is 0 Å². The molecule has 1 aliphatic heterocycles. The van der Waals surface area contributed by atoms with Crippen molar-refractivity contribution in [2.75, 3.05) is 33.2 Å². The number of piperidine rings is 1. The smallest absolute Gasteiger partial charge is 0.251 e. The topological polar surface area (TPSA) is 68.8 Å². The molecule has 0 aliphatic carbocycles. The van der Waals surface area contributed by atoms with E-state index in [1.54, 1.807) is 7.05 Å². The van der Waals surface area contributed by atoms with E-state index in [4.69, 9.17) is 0 Å². The van der Waals surface area contributed by atoms with E-state index in [2.05, 4.69) is 32.8 Å². The van der Waals surface area contributed by atoms with Gasteiger partial charge in [-0.3, -0.25) is 9.79 Å². The van der Waals surface area contributed by atoms with Crippen LogP contribution < -0.4 is 16.0 Å². The Hall–Kier alpha value is -2.08. The lowest BCUT2D eigenvalue weighted by Crippen LogP contribution is -2.48. The minimum absolute atomic E-state index is 0.0318. The Morgan fingerprint density at radius 1 is 1.23 bits per heavy atom. The van der Waals surface area contributed by atoms with E-state index in [1.165, 1.54) is 13.0 Å². The summed E-state index contributed by atoms with van der Waals surface area (Å²) in [4.78, 5) is 18.8. The number of hydrogen-bond acceptors (Lipinski definition) is 3. The molecule has 6 nitrogen and oxygen atoms in total. The average molecular weight is 360 g/mol. The van der Waals surface area contributed by atoms with Gasteiger partial charge in [-0.2, -0.15) is 0 Å². The molecule has 1 fully saturated rings. The quantitative estimate of drug-likeness (QED) is 0.514. The molecular formula is C20H33N5O. The average Bonchev–Trinajstić information content (AvgIpc) is 2.67. The highest BCUT2D eigenvalue weighted by atomic mass is 16.1. The zero-order valence-corrected chi connectivity index (χ0v) is 16.3. The molecule has 26 heavy (non-hydrogen) atoms. The molecular weight excluding hydrogens is 326 g/mol. The summed E-state index contributed by atoms with van der Waals surface area (Å²) in [6.45, 7) is 8.93. The Labute approximate surface area is 157 Å². The number of likely N-dealkylation sites (tertiary alicyclic amines) is 1. The van der Waals surface area contributed by atoms with E-state index >= 15 is 0 Å². The number of nitrogens with zero attached hydrogens (tertiary/aromatic N) is 2. The first kappa shape index (κ1) is 20.2. The highest BCUT2D eigenvalue weighted by Crippen LogP contribution is 2.10. The Balaban J connectivity index is 1.82. The molecule has 0 aromatic heterocycles. The van der Waals surface area contributed by atoms with E-state index in [1.807, 2.05) is 31.2 Å². The van der Waals surface area contributed by atoms with Crippen LogP contribution >= 0.6 is 0 Å². The third-order valence-electron chi connectivity index (χ3n) is 4.68. The minimum Gasteiger partial charge on any atom is -0.354 e. The van der Waals surface area contributed by atoms with Crippen LogP contribution in [0, 0.1) is 0 Å². The van der Waals surface area contributed by atoms with Crippen molar-refractivity contribution >= 4 is 11.9 Å². The molecule has 1 aromatic carbocycles. The fourth-order valence-electron chi connectivity index (χ4n) is 3.28. The number of hydrogen-bond donors (Lipinski definition) is 3. The molecule has 1 aromatic rings. The molecule has 1 aliphatic rings. The van der Waals surface area contributed by atoms with Gasteiger partial charge in [0, 0.05) is 44.8 Å². The summed E-state index contributed by atoms with van der Waals surface area (Å²) in [5.41, 5.74) is 1.76. The second-order valence-corrected chi connectivity index (χ2v) is 6.75. The second-order valence-electron chi connectivity index (χ2n) is 6.75. The van der Waals surface area contributed by atoms with Gasteiger partial charge in [-0.25, -0.2) is 0 Å². The maximum atomic E-state index is 12.0. The number of guanidine groups is 1. The molecule has 1 heterocycles. The van der Waals surface area contributed by atoms with Crippen LogP contribution in [0.4, 0.5) is 0 Å². The first-order valence-corrected chi connectivity index (χ1v) is 9.73. The summed E-state index contributed by atoms with van der Waals surface area (Å²) in [5, 5.41) is 9.72. The van der Waals surface area contributed by atoms with Crippen molar-refractivity contribution in [2.45, 2.75) is 45.7 Å². The Kier molecular flexibility index (Phi) is 8.41. The zero-order valence-electron chi connectivity index (χ0n) is 16.3. The highest BCUT2D eigenvalue weighted by molar-refractivity contribution is 5.94. The van der Waals surface area contributed by atoms with Gasteiger partial charge in [0.05, 0.1) is 0 Å². The summed E-state index contributed by atoms with van der Waals surface area (Å²) >= 11 is 0.